The van der Waals surface area contributed by atoms with Gasteiger partial charge in [-0.05, 0) is 30.5 Å². The molecular weight excluding hydrogens is 340 g/mol. The quantitative estimate of drug-likeness (QED) is 0.652. The molecule has 6 nitrogen and oxygen atoms in total. The van der Waals surface area contributed by atoms with Crippen molar-refractivity contribution in [2.45, 2.75) is 43.1 Å². The number of benzene rings is 1. The van der Waals surface area contributed by atoms with Crippen molar-refractivity contribution in [3.05, 3.63) is 29.8 Å². The molecule has 0 saturated heterocycles. The van der Waals surface area contributed by atoms with Gasteiger partial charge in [0, 0.05) is 19.3 Å². The van der Waals surface area contributed by atoms with E-state index in [0.29, 0.717) is 18.8 Å². The summed E-state index contributed by atoms with van der Waals surface area (Å²) in [4.78, 5) is 11.9. The fourth-order valence-electron chi connectivity index (χ4n) is 3.09. The van der Waals surface area contributed by atoms with E-state index in [0.717, 1.165) is 37.7 Å². The number of amides is 1. The van der Waals surface area contributed by atoms with Crippen molar-refractivity contribution >= 4 is 21.4 Å². The molecule has 2 rings (SSSR count). The third kappa shape index (κ3) is 6.76. The fourth-order valence-corrected chi connectivity index (χ4v) is 5.03. The van der Waals surface area contributed by atoms with E-state index in [9.17, 15) is 13.2 Å². The minimum Gasteiger partial charge on any atom is -0.383 e. The van der Waals surface area contributed by atoms with Crippen molar-refractivity contribution in [1.29, 1.82) is 0 Å². The van der Waals surface area contributed by atoms with Gasteiger partial charge in [-0.15, -0.1) is 0 Å². The molecule has 7 heteroatoms. The average Bonchev–Trinajstić information content (AvgIpc) is 2.59. The second-order valence-electron chi connectivity index (χ2n) is 6.49. The monoisotopic (exact) mass is 368 g/mol. The number of rotatable bonds is 9. The SMILES string of the molecule is COCCNCC(=O)Nc1cccc(CS(=O)(=O)C2CCCCC2)c1. The second-order valence-corrected chi connectivity index (χ2v) is 8.77. The van der Waals surface area contributed by atoms with Crippen LogP contribution in [-0.4, -0.2) is 46.4 Å². The summed E-state index contributed by atoms with van der Waals surface area (Å²) in [6, 6.07) is 7.09. The average molecular weight is 368 g/mol. The molecule has 25 heavy (non-hydrogen) atoms. The summed E-state index contributed by atoms with van der Waals surface area (Å²) in [7, 11) is -1.54. The van der Waals surface area contributed by atoms with E-state index < -0.39 is 9.84 Å². The van der Waals surface area contributed by atoms with E-state index in [1.165, 1.54) is 0 Å². The Morgan fingerprint density at radius 1 is 1.24 bits per heavy atom. The summed E-state index contributed by atoms with van der Waals surface area (Å²) in [5.41, 5.74) is 1.34. The lowest BCUT2D eigenvalue weighted by Gasteiger charge is -2.21. The zero-order valence-electron chi connectivity index (χ0n) is 14.8. The van der Waals surface area contributed by atoms with Crippen LogP contribution in [0.2, 0.25) is 0 Å². The van der Waals surface area contributed by atoms with Gasteiger partial charge in [-0.2, -0.15) is 0 Å². The largest absolute Gasteiger partial charge is 0.383 e. The summed E-state index contributed by atoms with van der Waals surface area (Å²) >= 11 is 0. The molecule has 0 heterocycles. The molecule has 140 valence electrons. The Labute approximate surface area is 150 Å². The predicted octanol–water partition coefficient (Wildman–Crippen LogP) is 2.11. The van der Waals surface area contributed by atoms with Crippen molar-refractivity contribution in [2.75, 3.05) is 32.1 Å². The zero-order chi connectivity index (χ0) is 18.1. The van der Waals surface area contributed by atoms with Crippen molar-refractivity contribution in [1.82, 2.24) is 5.32 Å². The first-order valence-electron chi connectivity index (χ1n) is 8.81. The maximum absolute atomic E-state index is 12.6. The summed E-state index contributed by atoms with van der Waals surface area (Å²) in [6.45, 7) is 1.33. The van der Waals surface area contributed by atoms with E-state index in [1.807, 2.05) is 0 Å². The first kappa shape index (κ1) is 19.9. The van der Waals surface area contributed by atoms with Gasteiger partial charge in [0.2, 0.25) is 5.91 Å². The lowest BCUT2D eigenvalue weighted by molar-refractivity contribution is -0.115. The van der Waals surface area contributed by atoms with Crippen LogP contribution in [0.1, 0.15) is 37.7 Å². The van der Waals surface area contributed by atoms with E-state index in [4.69, 9.17) is 4.74 Å². The van der Waals surface area contributed by atoms with Crippen LogP contribution in [0.25, 0.3) is 0 Å². The molecule has 1 aliphatic rings. The van der Waals surface area contributed by atoms with Crippen LogP contribution in [0.3, 0.4) is 0 Å². The first-order valence-corrected chi connectivity index (χ1v) is 10.5. The van der Waals surface area contributed by atoms with Crippen LogP contribution in [0.5, 0.6) is 0 Å². The number of hydrogen-bond donors (Lipinski definition) is 2. The Bertz CT molecular complexity index is 655. The Morgan fingerprint density at radius 3 is 2.72 bits per heavy atom. The molecule has 0 unspecified atom stereocenters. The highest BCUT2D eigenvalue weighted by Crippen LogP contribution is 2.26. The highest BCUT2D eigenvalue weighted by molar-refractivity contribution is 7.91. The Hall–Kier alpha value is -1.44. The normalized spacial score (nSPS) is 15.9. The number of sulfone groups is 1. The van der Waals surface area contributed by atoms with Gasteiger partial charge in [-0.1, -0.05) is 31.4 Å². The number of hydrogen-bond acceptors (Lipinski definition) is 5. The molecule has 1 saturated carbocycles. The van der Waals surface area contributed by atoms with E-state index in [-0.39, 0.29) is 23.5 Å². The van der Waals surface area contributed by atoms with Crippen molar-refractivity contribution in [3.8, 4) is 0 Å². The van der Waals surface area contributed by atoms with E-state index >= 15 is 0 Å². The van der Waals surface area contributed by atoms with Crippen molar-refractivity contribution < 1.29 is 17.9 Å². The Kier molecular flexibility index (Phi) is 7.87. The van der Waals surface area contributed by atoms with Gasteiger partial charge in [-0.25, -0.2) is 8.42 Å². The van der Waals surface area contributed by atoms with Crippen LogP contribution < -0.4 is 10.6 Å². The zero-order valence-corrected chi connectivity index (χ0v) is 15.6. The summed E-state index contributed by atoms with van der Waals surface area (Å²) in [5, 5.41) is 5.54. The molecule has 1 aromatic rings. The second kappa shape index (κ2) is 9.89. The third-order valence-electron chi connectivity index (χ3n) is 4.41. The van der Waals surface area contributed by atoms with Crippen LogP contribution in [0.4, 0.5) is 5.69 Å². The summed E-state index contributed by atoms with van der Waals surface area (Å²) in [6.07, 6.45) is 4.66. The maximum Gasteiger partial charge on any atom is 0.238 e. The predicted molar refractivity (Wildman–Crippen MR) is 99.3 cm³/mol. The molecule has 0 aromatic heterocycles. The molecule has 0 radical (unpaired) electrons. The molecule has 2 N–H and O–H groups in total. The van der Waals surface area contributed by atoms with Gasteiger partial charge < -0.3 is 15.4 Å². The molecule has 1 fully saturated rings. The highest BCUT2D eigenvalue weighted by atomic mass is 32.2. The minimum atomic E-state index is -3.14. The maximum atomic E-state index is 12.6. The summed E-state index contributed by atoms with van der Waals surface area (Å²) in [5.74, 6) is -0.128. The number of carbonyl (C=O) groups is 1. The molecule has 0 aliphatic heterocycles. The lowest BCUT2D eigenvalue weighted by Crippen LogP contribution is -2.30. The number of anilines is 1. The van der Waals surface area contributed by atoms with Crippen LogP contribution in [0.15, 0.2) is 24.3 Å². The van der Waals surface area contributed by atoms with Crippen molar-refractivity contribution in [3.63, 3.8) is 0 Å². The van der Waals surface area contributed by atoms with E-state index in [2.05, 4.69) is 10.6 Å². The lowest BCUT2D eigenvalue weighted by atomic mass is 10.0. The van der Waals surface area contributed by atoms with Gasteiger partial charge in [0.05, 0.1) is 24.2 Å². The first-order chi connectivity index (χ1) is 12.0. The number of carbonyl (C=O) groups excluding carboxylic acids is 1. The third-order valence-corrected chi connectivity index (χ3v) is 6.63. The molecular formula is C18H28N2O4S. The van der Waals surface area contributed by atoms with Crippen LogP contribution >= 0.6 is 0 Å². The number of methoxy groups -OCH3 is 1. The standard InChI is InChI=1S/C18H28N2O4S/c1-24-11-10-19-13-18(21)20-16-7-5-6-15(12-16)14-25(22,23)17-8-3-2-4-9-17/h5-7,12,17,19H,2-4,8-11,13-14H2,1H3,(H,20,21). The number of nitrogens with one attached hydrogen (secondary N) is 2. The molecule has 1 amide bonds. The smallest absolute Gasteiger partial charge is 0.238 e. The molecule has 1 aliphatic carbocycles. The van der Waals surface area contributed by atoms with Gasteiger partial charge >= 0.3 is 0 Å². The minimum absolute atomic E-state index is 0.0352. The summed E-state index contributed by atoms with van der Waals surface area (Å²) < 4.78 is 30.1. The van der Waals surface area contributed by atoms with Gasteiger partial charge in [0.25, 0.3) is 0 Å². The van der Waals surface area contributed by atoms with Gasteiger partial charge in [0.15, 0.2) is 9.84 Å². The molecule has 0 spiro atoms. The number of ether oxygens (including phenoxy) is 1. The van der Waals surface area contributed by atoms with Gasteiger partial charge in [0.1, 0.15) is 0 Å². The van der Waals surface area contributed by atoms with Crippen LogP contribution in [0, 0.1) is 0 Å². The van der Waals surface area contributed by atoms with Gasteiger partial charge in [-0.3, -0.25) is 4.79 Å². The molecule has 1 aromatic carbocycles. The molecule has 0 bridgehead atoms. The van der Waals surface area contributed by atoms with E-state index in [1.54, 1.807) is 31.4 Å². The Morgan fingerprint density at radius 2 is 2.00 bits per heavy atom. The topological polar surface area (TPSA) is 84.5 Å². The van der Waals surface area contributed by atoms with Crippen molar-refractivity contribution in [2.24, 2.45) is 0 Å². The van der Waals surface area contributed by atoms with Crippen LogP contribution in [-0.2, 0) is 25.1 Å². The molecule has 0 atom stereocenters. The fraction of sp³-hybridized carbons (Fsp3) is 0.611. The highest BCUT2D eigenvalue weighted by Gasteiger charge is 2.27. The Balaban J connectivity index is 1.90.